The summed E-state index contributed by atoms with van der Waals surface area (Å²) in [6, 6.07) is 16.4. The van der Waals surface area contributed by atoms with Crippen molar-refractivity contribution in [3.8, 4) is 0 Å². The summed E-state index contributed by atoms with van der Waals surface area (Å²) in [5.41, 5.74) is 0.722. The van der Waals surface area contributed by atoms with Gasteiger partial charge < -0.3 is 4.90 Å². The van der Waals surface area contributed by atoms with Gasteiger partial charge >= 0.3 is 0 Å². The SMILES string of the molecule is O=C([C@@H]1CCCCN1S(=O)(=O)c1ccccc1)N1CCN(S(=O)(=O)Cc2ccccc2)CC1. The van der Waals surface area contributed by atoms with Crippen molar-refractivity contribution in [2.45, 2.75) is 36.0 Å². The van der Waals surface area contributed by atoms with Gasteiger partial charge in [0.15, 0.2) is 0 Å². The van der Waals surface area contributed by atoms with E-state index in [1.165, 1.54) is 8.61 Å². The van der Waals surface area contributed by atoms with Crippen molar-refractivity contribution in [1.29, 1.82) is 0 Å². The van der Waals surface area contributed by atoms with E-state index in [9.17, 15) is 21.6 Å². The molecule has 0 saturated carbocycles. The van der Waals surface area contributed by atoms with Crippen LogP contribution in [0.3, 0.4) is 0 Å². The second kappa shape index (κ2) is 9.92. The molecule has 10 heteroatoms. The molecule has 8 nitrogen and oxygen atoms in total. The predicted molar refractivity (Wildman–Crippen MR) is 125 cm³/mol. The Labute approximate surface area is 195 Å². The van der Waals surface area contributed by atoms with Gasteiger partial charge in [0.1, 0.15) is 6.04 Å². The molecule has 2 aliphatic rings. The summed E-state index contributed by atoms with van der Waals surface area (Å²) in [7, 11) is -7.28. The molecule has 2 aromatic rings. The fourth-order valence-electron chi connectivity index (χ4n) is 4.44. The van der Waals surface area contributed by atoms with E-state index in [1.54, 1.807) is 59.5 Å². The Kier molecular flexibility index (Phi) is 7.18. The zero-order valence-corrected chi connectivity index (χ0v) is 20.0. The smallest absolute Gasteiger partial charge is 0.243 e. The van der Waals surface area contributed by atoms with Gasteiger partial charge in [-0.2, -0.15) is 8.61 Å². The van der Waals surface area contributed by atoms with E-state index < -0.39 is 26.1 Å². The Morgan fingerprint density at radius 3 is 2.03 bits per heavy atom. The lowest BCUT2D eigenvalue weighted by molar-refractivity contribution is -0.137. The summed E-state index contributed by atoms with van der Waals surface area (Å²) in [5, 5.41) is 0. The average molecular weight is 492 g/mol. The van der Waals surface area contributed by atoms with Crippen LogP contribution in [-0.4, -0.2) is 75.0 Å². The summed E-state index contributed by atoms with van der Waals surface area (Å²) >= 11 is 0. The fourth-order valence-corrected chi connectivity index (χ4v) is 7.63. The molecule has 2 fully saturated rings. The van der Waals surface area contributed by atoms with Crippen LogP contribution in [0.1, 0.15) is 24.8 Å². The molecule has 1 atom stereocenters. The van der Waals surface area contributed by atoms with E-state index in [2.05, 4.69) is 0 Å². The van der Waals surface area contributed by atoms with Gasteiger partial charge in [-0.1, -0.05) is 55.0 Å². The number of amides is 1. The first kappa shape index (κ1) is 23.9. The van der Waals surface area contributed by atoms with Crippen LogP contribution < -0.4 is 0 Å². The highest BCUT2D eigenvalue weighted by Crippen LogP contribution is 2.27. The van der Waals surface area contributed by atoms with E-state index >= 15 is 0 Å². The van der Waals surface area contributed by atoms with Gasteiger partial charge in [0, 0.05) is 32.7 Å². The van der Waals surface area contributed by atoms with Crippen molar-refractivity contribution < 1.29 is 21.6 Å². The summed E-state index contributed by atoms with van der Waals surface area (Å²) in [6.45, 7) is 1.22. The summed E-state index contributed by atoms with van der Waals surface area (Å²) in [4.78, 5) is 15.1. The van der Waals surface area contributed by atoms with Gasteiger partial charge in [-0.25, -0.2) is 16.8 Å². The first-order valence-corrected chi connectivity index (χ1v) is 14.2. The van der Waals surface area contributed by atoms with Gasteiger partial charge in [-0.15, -0.1) is 0 Å². The molecule has 0 bridgehead atoms. The highest BCUT2D eigenvalue weighted by Gasteiger charge is 2.40. The monoisotopic (exact) mass is 491 g/mol. The summed E-state index contributed by atoms with van der Waals surface area (Å²) in [6.07, 6.45) is 1.96. The highest BCUT2D eigenvalue weighted by atomic mass is 32.2. The van der Waals surface area contributed by atoms with E-state index in [4.69, 9.17) is 0 Å². The Bertz CT molecular complexity index is 1160. The number of piperazine rings is 1. The van der Waals surface area contributed by atoms with Gasteiger partial charge in [0.25, 0.3) is 0 Å². The molecule has 2 aliphatic heterocycles. The third kappa shape index (κ3) is 5.29. The number of hydrogen-bond donors (Lipinski definition) is 0. The van der Waals surface area contributed by atoms with Crippen molar-refractivity contribution in [2.24, 2.45) is 0 Å². The van der Waals surface area contributed by atoms with Crippen LogP contribution >= 0.6 is 0 Å². The first-order chi connectivity index (χ1) is 15.8. The van der Waals surface area contributed by atoms with Crippen LogP contribution in [0, 0.1) is 0 Å². The number of sulfonamides is 2. The lowest BCUT2D eigenvalue weighted by Gasteiger charge is -2.40. The molecule has 178 valence electrons. The highest BCUT2D eigenvalue weighted by molar-refractivity contribution is 7.89. The van der Waals surface area contributed by atoms with Crippen molar-refractivity contribution >= 4 is 26.0 Å². The summed E-state index contributed by atoms with van der Waals surface area (Å²) in [5.74, 6) is -0.317. The molecule has 2 heterocycles. The molecular weight excluding hydrogens is 462 g/mol. The Hall–Kier alpha value is -2.27. The van der Waals surface area contributed by atoms with Crippen LogP contribution in [0.25, 0.3) is 0 Å². The van der Waals surface area contributed by atoms with Crippen molar-refractivity contribution in [3.05, 3.63) is 66.2 Å². The molecule has 4 rings (SSSR count). The molecule has 0 radical (unpaired) electrons. The molecular formula is C23H29N3O5S2. The van der Waals surface area contributed by atoms with E-state index in [0.29, 0.717) is 19.4 Å². The van der Waals surface area contributed by atoms with Gasteiger partial charge in [0.2, 0.25) is 26.0 Å². The quantitative estimate of drug-likeness (QED) is 0.615. The second-order valence-electron chi connectivity index (χ2n) is 8.41. The maximum Gasteiger partial charge on any atom is 0.243 e. The topological polar surface area (TPSA) is 95.1 Å². The standard InChI is InChI=1S/C23H29N3O5S2/c27-23(22-13-7-8-14-26(22)33(30,31)21-11-5-2-6-12-21)24-15-17-25(18-16-24)32(28,29)19-20-9-3-1-4-10-20/h1-6,9-12,22H,7-8,13-19H2/t22-/m0/s1. The van der Waals surface area contributed by atoms with E-state index in [1.807, 2.05) is 6.07 Å². The maximum atomic E-state index is 13.3. The minimum Gasteiger partial charge on any atom is -0.339 e. The minimum atomic E-state index is -3.78. The molecule has 0 spiro atoms. The van der Waals surface area contributed by atoms with Gasteiger partial charge in [-0.3, -0.25) is 4.79 Å². The lowest BCUT2D eigenvalue weighted by atomic mass is 10.0. The maximum absolute atomic E-state index is 13.3. The molecule has 0 N–H and O–H groups in total. The largest absolute Gasteiger partial charge is 0.339 e. The minimum absolute atomic E-state index is 0.0759. The third-order valence-corrected chi connectivity index (χ3v) is 10.00. The number of piperidine rings is 1. The van der Waals surface area contributed by atoms with Crippen molar-refractivity contribution in [3.63, 3.8) is 0 Å². The first-order valence-electron chi connectivity index (χ1n) is 11.2. The van der Waals surface area contributed by atoms with E-state index in [-0.39, 0.29) is 42.7 Å². The third-order valence-electron chi connectivity index (χ3n) is 6.22. The molecule has 33 heavy (non-hydrogen) atoms. The zero-order chi connectivity index (χ0) is 23.5. The summed E-state index contributed by atoms with van der Waals surface area (Å²) < 4.78 is 54.8. The van der Waals surface area contributed by atoms with Crippen LogP contribution in [0.2, 0.25) is 0 Å². The normalized spacial score (nSPS) is 21.1. The fraction of sp³-hybridized carbons (Fsp3) is 0.435. The average Bonchev–Trinajstić information content (AvgIpc) is 2.84. The van der Waals surface area contributed by atoms with Crippen LogP contribution in [-0.2, 0) is 30.6 Å². The van der Waals surface area contributed by atoms with Crippen molar-refractivity contribution in [2.75, 3.05) is 32.7 Å². The zero-order valence-electron chi connectivity index (χ0n) is 18.4. The Morgan fingerprint density at radius 1 is 0.788 bits per heavy atom. The number of benzene rings is 2. The molecule has 0 aromatic heterocycles. The molecule has 2 saturated heterocycles. The van der Waals surface area contributed by atoms with Crippen LogP contribution in [0.4, 0.5) is 0 Å². The number of carbonyl (C=O) groups excluding carboxylic acids is 1. The number of nitrogens with zero attached hydrogens (tertiary/aromatic N) is 3. The predicted octanol–water partition coefficient (Wildman–Crippen LogP) is 1.90. The molecule has 0 unspecified atom stereocenters. The molecule has 0 aliphatic carbocycles. The van der Waals surface area contributed by atoms with Gasteiger partial charge in [-0.05, 0) is 30.5 Å². The van der Waals surface area contributed by atoms with Crippen LogP contribution in [0.5, 0.6) is 0 Å². The van der Waals surface area contributed by atoms with Crippen LogP contribution in [0.15, 0.2) is 65.6 Å². The molecule has 1 amide bonds. The van der Waals surface area contributed by atoms with Crippen molar-refractivity contribution in [1.82, 2.24) is 13.5 Å². The van der Waals surface area contributed by atoms with E-state index in [0.717, 1.165) is 12.0 Å². The number of hydrogen-bond acceptors (Lipinski definition) is 5. The second-order valence-corrected chi connectivity index (χ2v) is 12.3. The number of carbonyl (C=O) groups is 1. The Morgan fingerprint density at radius 2 is 1.39 bits per heavy atom. The number of rotatable bonds is 6. The Balaban J connectivity index is 1.43. The molecule has 2 aromatic carbocycles. The lowest BCUT2D eigenvalue weighted by Crippen LogP contribution is -2.57. The van der Waals surface area contributed by atoms with Gasteiger partial charge in [0.05, 0.1) is 10.6 Å².